The van der Waals surface area contributed by atoms with Gasteiger partial charge in [-0.25, -0.2) is 13.4 Å². The van der Waals surface area contributed by atoms with Crippen molar-refractivity contribution in [2.45, 2.75) is 45.2 Å². The van der Waals surface area contributed by atoms with E-state index in [1.54, 1.807) is 0 Å². The quantitative estimate of drug-likeness (QED) is 0.713. The van der Waals surface area contributed by atoms with E-state index in [4.69, 9.17) is 11.6 Å². The molecule has 0 saturated heterocycles. The van der Waals surface area contributed by atoms with Crippen molar-refractivity contribution >= 4 is 39.0 Å². The number of hydrogen-bond donors (Lipinski definition) is 2. The molecule has 1 saturated carbocycles. The van der Waals surface area contributed by atoms with Gasteiger partial charge in [0.15, 0.2) is 5.82 Å². The topological polar surface area (TPSA) is 88.2 Å². The molecule has 1 amide bonds. The Balaban J connectivity index is 2.40. The SMILES string of the molecule is CCS(=O)(=O)Nc1nc(Cl)c(C(F)(F)F)cc1NC(=O)C1CCCCC1. The van der Waals surface area contributed by atoms with Gasteiger partial charge in [0.25, 0.3) is 0 Å². The highest BCUT2D eigenvalue weighted by Gasteiger charge is 2.36. The molecular formula is C15H19ClF3N3O3S. The molecule has 2 N–H and O–H groups in total. The first-order chi connectivity index (χ1) is 12.0. The molecule has 1 fully saturated rings. The minimum Gasteiger partial charge on any atom is -0.323 e. The van der Waals surface area contributed by atoms with Gasteiger partial charge >= 0.3 is 6.18 Å². The smallest absolute Gasteiger partial charge is 0.323 e. The van der Waals surface area contributed by atoms with Crippen molar-refractivity contribution in [1.29, 1.82) is 0 Å². The summed E-state index contributed by atoms with van der Waals surface area (Å²) < 4.78 is 64.8. The van der Waals surface area contributed by atoms with E-state index in [-0.39, 0.29) is 17.4 Å². The number of rotatable bonds is 5. The molecule has 0 atom stereocenters. The highest BCUT2D eigenvalue weighted by atomic mass is 35.5. The predicted octanol–water partition coefficient (Wildman–Crippen LogP) is 4.03. The predicted molar refractivity (Wildman–Crippen MR) is 92.5 cm³/mol. The maximum Gasteiger partial charge on any atom is 0.419 e. The Bertz CT molecular complexity index is 778. The van der Waals surface area contributed by atoms with Gasteiger partial charge in [-0.3, -0.25) is 9.52 Å². The average Bonchev–Trinajstić information content (AvgIpc) is 2.56. The Hall–Kier alpha value is -1.55. The second kappa shape index (κ2) is 7.99. The van der Waals surface area contributed by atoms with Gasteiger partial charge in [0.1, 0.15) is 5.15 Å². The third kappa shape index (κ3) is 5.23. The molecule has 1 heterocycles. The number of halogens is 4. The minimum atomic E-state index is -4.80. The molecule has 0 bridgehead atoms. The number of anilines is 2. The zero-order valence-corrected chi connectivity index (χ0v) is 15.6. The number of amides is 1. The number of carbonyl (C=O) groups excluding carboxylic acids is 1. The van der Waals surface area contributed by atoms with Crippen LogP contribution in [0.2, 0.25) is 5.15 Å². The number of carbonyl (C=O) groups is 1. The van der Waals surface area contributed by atoms with E-state index in [0.29, 0.717) is 18.9 Å². The molecule has 0 aromatic carbocycles. The maximum atomic E-state index is 13.1. The van der Waals surface area contributed by atoms with E-state index in [9.17, 15) is 26.4 Å². The van der Waals surface area contributed by atoms with Crippen molar-refractivity contribution in [3.05, 3.63) is 16.8 Å². The van der Waals surface area contributed by atoms with Crippen LogP contribution in [0.25, 0.3) is 0 Å². The summed E-state index contributed by atoms with van der Waals surface area (Å²) >= 11 is 5.56. The summed E-state index contributed by atoms with van der Waals surface area (Å²) in [5, 5.41) is 1.48. The van der Waals surface area contributed by atoms with Gasteiger partial charge in [-0.1, -0.05) is 30.9 Å². The molecule has 146 valence electrons. The van der Waals surface area contributed by atoms with Crippen LogP contribution < -0.4 is 10.0 Å². The molecule has 1 aromatic heterocycles. The highest BCUT2D eigenvalue weighted by molar-refractivity contribution is 7.92. The summed E-state index contributed by atoms with van der Waals surface area (Å²) in [7, 11) is -3.82. The largest absolute Gasteiger partial charge is 0.419 e. The lowest BCUT2D eigenvalue weighted by Gasteiger charge is -2.22. The molecule has 1 aliphatic carbocycles. The molecule has 0 radical (unpaired) electrons. The normalized spacial score (nSPS) is 16.3. The van der Waals surface area contributed by atoms with Crippen LogP contribution in [-0.4, -0.2) is 25.1 Å². The number of sulfonamides is 1. The summed E-state index contributed by atoms with van der Waals surface area (Å²) in [6.45, 7) is 1.36. The van der Waals surface area contributed by atoms with E-state index in [0.717, 1.165) is 19.3 Å². The molecule has 0 spiro atoms. The van der Waals surface area contributed by atoms with Crippen molar-refractivity contribution < 1.29 is 26.4 Å². The monoisotopic (exact) mass is 413 g/mol. The van der Waals surface area contributed by atoms with Crippen LogP contribution in [-0.2, 0) is 21.0 Å². The second-order valence-electron chi connectivity index (χ2n) is 6.05. The molecule has 26 heavy (non-hydrogen) atoms. The van der Waals surface area contributed by atoms with E-state index in [1.165, 1.54) is 6.92 Å². The molecule has 11 heteroatoms. The van der Waals surface area contributed by atoms with Gasteiger partial charge in [-0.15, -0.1) is 0 Å². The Labute approximate surface area is 154 Å². The van der Waals surface area contributed by atoms with Gasteiger partial charge in [-0.05, 0) is 25.8 Å². The number of pyridine rings is 1. The number of hydrogen-bond acceptors (Lipinski definition) is 4. The zero-order chi connectivity index (χ0) is 19.5. The average molecular weight is 414 g/mol. The van der Waals surface area contributed by atoms with Gasteiger partial charge in [0.2, 0.25) is 15.9 Å². The number of alkyl halides is 3. The minimum absolute atomic E-state index is 0.316. The molecule has 1 aromatic rings. The van der Waals surface area contributed by atoms with Gasteiger partial charge in [0.05, 0.1) is 17.0 Å². The molecule has 2 rings (SSSR count). The maximum absolute atomic E-state index is 13.1. The number of nitrogens with zero attached hydrogens (tertiary/aromatic N) is 1. The van der Waals surface area contributed by atoms with Gasteiger partial charge in [-0.2, -0.15) is 13.2 Å². The van der Waals surface area contributed by atoms with Crippen LogP contribution in [0.1, 0.15) is 44.6 Å². The Morgan fingerprint density at radius 1 is 1.31 bits per heavy atom. The molecular weight excluding hydrogens is 395 g/mol. The van der Waals surface area contributed by atoms with Crippen molar-refractivity contribution in [1.82, 2.24) is 4.98 Å². The van der Waals surface area contributed by atoms with E-state index >= 15 is 0 Å². The summed E-state index contributed by atoms with van der Waals surface area (Å²) in [4.78, 5) is 15.9. The van der Waals surface area contributed by atoms with Gasteiger partial charge < -0.3 is 5.32 Å². The summed E-state index contributed by atoms with van der Waals surface area (Å²) in [6, 6.07) is 0.601. The van der Waals surface area contributed by atoms with Crippen molar-refractivity contribution in [3.8, 4) is 0 Å². The molecule has 6 nitrogen and oxygen atoms in total. The van der Waals surface area contributed by atoms with Crippen LogP contribution in [0, 0.1) is 5.92 Å². The van der Waals surface area contributed by atoms with Crippen molar-refractivity contribution in [2.75, 3.05) is 15.8 Å². The summed E-state index contributed by atoms with van der Waals surface area (Å²) in [6.07, 6.45) is -0.799. The van der Waals surface area contributed by atoms with Crippen molar-refractivity contribution in [3.63, 3.8) is 0 Å². The fourth-order valence-corrected chi connectivity index (χ4v) is 3.52. The summed E-state index contributed by atoms with van der Waals surface area (Å²) in [5.41, 5.74) is -1.62. The lowest BCUT2D eigenvalue weighted by Crippen LogP contribution is -2.26. The Morgan fingerprint density at radius 2 is 1.92 bits per heavy atom. The third-order valence-corrected chi connectivity index (χ3v) is 5.70. The molecule has 1 aliphatic rings. The molecule has 0 unspecified atom stereocenters. The Kier molecular flexibility index (Phi) is 6.38. The van der Waals surface area contributed by atoms with Crippen LogP contribution in [0.4, 0.5) is 24.7 Å². The highest BCUT2D eigenvalue weighted by Crippen LogP contribution is 2.38. The molecule has 0 aliphatic heterocycles. The zero-order valence-electron chi connectivity index (χ0n) is 14.0. The van der Waals surface area contributed by atoms with E-state index in [1.807, 2.05) is 0 Å². The van der Waals surface area contributed by atoms with Crippen LogP contribution in [0.15, 0.2) is 6.07 Å². The fraction of sp³-hybridized carbons (Fsp3) is 0.600. The summed E-state index contributed by atoms with van der Waals surface area (Å²) in [5.74, 6) is -1.54. The van der Waals surface area contributed by atoms with Crippen molar-refractivity contribution in [2.24, 2.45) is 5.92 Å². The lowest BCUT2D eigenvalue weighted by atomic mass is 9.88. The van der Waals surface area contributed by atoms with Crippen LogP contribution >= 0.6 is 11.6 Å². The first-order valence-corrected chi connectivity index (χ1v) is 10.2. The Morgan fingerprint density at radius 3 is 2.46 bits per heavy atom. The standard InChI is InChI=1S/C15H19ClF3N3O3S/c1-2-26(24,25)22-13-11(8-10(12(16)21-13)15(17,18)19)20-14(23)9-6-4-3-5-7-9/h8-9H,2-7H2,1H3,(H,20,23)(H,21,22). The third-order valence-electron chi connectivity index (χ3n) is 4.15. The van der Waals surface area contributed by atoms with Crippen LogP contribution in [0.5, 0.6) is 0 Å². The second-order valence-corrected chi connectivity index (χ2v) is 8.42. The number of aromatic nitrogens is 1. The first kappa shape index (κ1) is 20.8. The fourth-order valence-electron chi connectivity index (χ4n) is 2.68. The van der Waals surface area contributed by atoms with E-state index in [2.05, 4.69) is 15.0 Å². The first-order valence-electron chi connectivity index (χ1n) is 8.12. The lowest BCUT2D eigenvalue weighted by molar-refractivity contribution is -0.137. The number of nitrogens with one attached hydrogen (secondary N) is 2. The van der Waals surface area contributed by atoms with E-state index < -0.39 is 38.6 Å². The van der Waals surface area contributed by atoms with Crippen LogP contribution in [0.3, 0.4) is 0 Å². The van der Waals surface area contributed by atoms with Gasteiger partial charge in [0, 0.05) is 5.92 Å².